The van der Waals surface area contributed by atoms with E-state index in [9.17, 15) is 9.59 Å². The number of nitrogens with one attached hydrogen (secondary N) is 1. The molecule has 0 saturated carbocycles. The Balaban J connectivity index is 1.51. The summed E-state index contributed by atoms with van der Waals surface area (Å²) in [6.07, 6.45) is 0.126. The number of amidine groups is 1. The van der Waals surface area contributed by atoms with Crippen molar-refractivity contribution < 1.29 is 28.5 Å². The van der Waals surface area contributed by atoms with Crippen LogP contribution in [0.5, 0.6) is 11.5 Å². The van der Waals surface area contributed by atoms with Gasteiger partial charge >= 0.3 is 5.97 Å². The second kappa shape index (κ2) is 13.9. The van der Waals surface area contributed by atoms with E-state index in [0.29, 0.717) is 47.7 Å². The summed E-state index contributed by atoms with van der Waals surface area (Å²) in [6, 6.07) is 14.4. The van der Waals surface area contributed by atoms with E-state index >= 15 is 0 Å². The molecule has 1 N–H and O–H groups in total. The zero-order chi connectivity index (χ0) is 29.5. The average molecular weight is 593 g/mol. The lowest BCUT2D eigenvalue weighted by molar-refractivity contribution is -0.139. The van der Waals surface area contributed by atoms with Gasteiger partial charge in [0.15, 0.2) is 5.17 Å². The second-order valence-corrected chi connectivity index (χ2v) is 10.7. The first kappa shape index (κ1) is 29.7. The Morgan fingerprint density at radius 1 is 1.10 bits per heavy atom. The van der Waals surface area contributed by atoms with E-state index in [-0.39, 0.29) is 18.9 Å². The summed E-state index contributed by atoms with van der Waals surface area (Å²) in [5.74, 6) is 0.582. The highest BCUT2D eigenvalue weighted by Crippen LogP contribution is 2.49. The smallest absolute Gasteiger partial charge is 0.338 e. The maximum absolute atomic E-state index is 13.7. The third-order valence-electron chi connectivity index (χ3n) is 7.28. The van der Waals surface area contributed by atoms with Gasteiger partial charge in [-0.25, -0.2) is 9.79 Å². The molecule has 10 nitrogen and oxygen atoms in total. The van der Waals surface area contributed by atoms with Crippen LogP contribution in [0, 0.1) is 0 Å². The van der Waals surface area contributed by atoms with Gasteiger partial charge in [0.1, 0.15) is 11.5 Å². The first-order valence-electron chi connectivity index (χ1n) is 14.0. The predicted octanol–water partition coefficient (Wildman–Crippen LogP) is 3.82. The Morgan fingerprint density at radius 2 is 1.88 bits per heavy atom. The Hall–Kier alpha value is -3.80. The molecule has 1 unspecified atom stereocenters. The first-order valence-corrected chi connectivity index (χ1v) is 14.9. The molecule has 0 bridgehead atoms. The lowest BCUT2D eigenvalue weighted by atomic mass is 9.90. The second-order valence-electron chi connectivity index (χ2n) is 9.83. The van der Waals surface area contributed by atoms with E-state index in [4.69, 9.17) is 23.9 Å². The summed E-state index contributed by atoms with van der Waals surface area (Å²) in [4.78, 5) is 36.1. The molecule has 2 aromatic carbocycles. The number of esters is 1. The molecule has 1 fully saturated rings. The summed E-state index contributed by atoms with van der Waals surface area (Å²) in [5, 5.41) is 5.65. The van der Waals surface area contributed by atoms with Crippen molar-refractivity contribution in [3.8, 4) is 11.5 Å². The van der Waals surface area contributed by atoms with Gasteiger partial charge in [0.2, 0.25) is 5.91 Å². The number of carbonyl (C=O) groups is 2. The largest absolute Gasteiger partial charge is 0.497 e. The van der Waals surface area contributed by atoms with Crippen molar-refractivity contribution in [2.24, 2.45) is 4.99 Å². The number of rotatable bonds is 11. The van der Waals surface area contributed by atoms with E-state index in [1.54, 1.807) is 27.2 Å². The monoisotopic (exact) mass is 592 g/mol. The number of fused-ring (bicyclic) bond motifs is 1. The minimum absolute atomic E-state index is 0.104. The van der Waals surface area contributed by atoms with Crippen molar-refractivity contribution in [3.63, 3.8) is 0 Å². The summed E-state index contributed by atoms with van der Waals surface area (Å²) in [5.41, 5.74) is 3.15. The molecule has 11 heteroatoms. The number of aliphatic imine (C=N–C) groups is 1. The standard InChI is InChI=1S/C31H36N4O6S/c1-4-41-30(37)27-28(21-8-6-5-7-9-21)33-31-35(29(27)24-11-10-23(38-2)19-25(24)39-3)22(20-42-31)18-26(36)32-12-13-34-14-16-40-17-15-34/h5-11,19-20,29H,4,12-18H2,1-3H3,(H,32,36). The molecule has 0 aliphatic carbocycles. The number of carbonyl (C=O) groups excluding carboxylic acids is 2. The van der Waals surface area contributed by atoms with E-state index in [0.717, 1.165) is 36.5 Å². The topological polar surface area (TPSA) is 102 Å². The lowest BCUT2D eigenvalue weighted by Gasteiger charge is -2.37. The molecule has 3 aliphatic heterocycles. The van der Waals surface area contributed by atoms with Gasteiger partial charge in [-0.15, -0.1) is 0 Å². The Labute approximate surface area is 250 Å². The number of nitrogens with zero attached hydrogens (tertiary/aromatic N) is 3. The van der Waals surface area contributed by atoms with Crippen LogP contribution in [-0.4, -0.2) is 87.1 Å². The van der Waals surface area contributed by atoms with Gasteiger partial charge in [0, 0.05) is 49.1 Å². The van der Waals surface area contributed by atoms with Crippen molar-refractivity contribution in [3.05, 3.63) is 76.3 Å². The van der Waals surface area contributed by atoms with Gasteiger partial charge < -0.3 is 29.2 Å². The summed E-state index contributed by atoms with van der Waals surface area (Å²) >= 11 is 1.43. The molecule has 2 aromatic rings. The molecule has 1 atom stereocenters. The predicted molar refractivity (Wildman–Crippen MR) is 162 cm³/mol. The van der Waals surface area contributed by atoms with Crippen LogP contribution in [0.4, 0.5) is 0 Å². The molecular formula is C31H36N4O6S. The SMILES string of the molecule is CCOC(=O)C1=C(c2ccccc2)N=C2SC=C(CC(=O)NCCN3CCOCC3)N2C1c1ccc(OC)cc1OC. The third-order valence-corrected chi connectivity index (χ3v) is 8.17. The Morgan fingerprint density at radius 3 is 2.60 bits per heavy atom. The zero-order valence-electron chi connectivity index (χ0n) is 24.1. The van der Waals surface area contributed by atoms with Crippen LogP contribution in [0.1, 0.15) is 30.5 Å². The van der Waals surface area contributed by atoms with E-state index in [2.05, 4.69) is 10.2 Å². The molecule has 42 heavy (non-hydrogen) atoms. The van der Waals surface area contributed by atoms with E-state index in [1.165, 1.54) is 11.8 Å². The minimum Gasteiger partial charge on any atom is -0.497 e. The normalized spacial score (nSPS) is 18.6. The van der Waals surface area contributed by atoms with Crippen LogP contribution in [0.15, 0.2) is 70.2 Å². The van der Waals surface area contributed by atoms with Crippen molar-refractivity contribution in [2.45, 2.75) is 19.4 Å². The number of benzene rings is 2. The molecule has 0 spiro atoms. The number of morpholine rings is 1. The number of methoxy groups -OCH3 is 2. The molecule has 1 amide bonds. The molecular weight excluding hydrogens is 556 g/mol. The Kier molecular flexibility index (Phi) is 9.83. The van der Waals surface area contributed by atoms with Gasteiger partial charge in [-0.2, -0.15) is 0 Å². The molecule has 3 heterocycles. The number of amides is 1. The van der Waals surface area contributed by atoms with Crippen LogP contribution < -0.4 is 14.8 Å². The van der Waals surface area contributed by atoms with Gasteiger partial charge in [-0.1, -0.05) is 42.1 Å². The van der Waals surface area contributed by atoms with Crippen LogP contribution in [0.2, 0.25) is 0 Å². The first-order chi connectivity index (χ1) is 20.5. The molecule has 222 valence electrons. The Bertz CT molecular complexity index is 1390. The molecule has 0 aromatic heterocycles. The quantitative estimate of drug-likeness (QED) is 0.390. The fraction of sp³-hybridized carbons (Fsp3) is 0.387. The van der Waals surface area contributed by atoms with E-state index in [1.807, 2.05) is 52.8 Å². The highest BCUT2D eigenvalue weighted by Gasteiger charge is 2.43. The lowest BCUT2D eigenvalue weighted by Crippen LogP contribution is -2.42. The van der Waals surface area contributed by atoms with Crippen molar-refractivity contribution in [1.29, 1.82) is 0 Å². The summed E-state index contributed by atoms with van der Waals surface area (Å²) in [6.45, 7) is 6.45. The minimum atomic E-state index is -0.657. The van der Waals surface area contributed by atoms with Crippen LogP contribution in [0.25, 0.3) is 5.70 Å². The summed E-state index contributed by atoms with van der Waals surface area (Å²) < 4.78 is 22.3. The van der Waals surface area contributed by atoms with Gasteiger partial charge in [-0.05, 0) is 24.5 Å². The number of hydrogen-bond donors (Lipinski definition) is 1. The molecule has 5 rings (SSSR count). The highest BCUT2D eigenvalue weighted by atomic mass is 32.2. The molecule has 3 aliphatic rings. The summed E-state index contributed by atoms with van der Waals surface area (Å²) in [7, 11) is 3.17. The molecule has 1 saturated heterocycles. The van der Waals surface area contributed by atoms with Gasteiger partial charge in [0.25, 0.3) is 0 Å². The van der Waals surface area contributed by atoms with Crippen molar-refractivity contribution in [2.75, 3.05) is 60.2 Å². The van der Waals surface area contributed by atoms with Gasteiger partial charge in [0.05, 0.1) is 57.8 Å². The fourth-order valence-electron chi connectivity index (χ4n) is 5.23. The maximum atomic E-state index is 13.7. The maximum Gasteiger partial charge on any atom is 0.338 e. The van der Waals surface area contributed by atoms with Crippen LogP contribution >= 0.6 is 11.8 Å². The number of thioether (sulfide) groups is 1. The van der Waals surface area contributed by atoms with E-state index < -0.39 is 12.0 Å². The third kappa shape index (κ3) is 6.48. The van der Waals surface area contributed by atoms with Gasteiger partial charge in [-0.3, -0.25) is 9.69 Å². The van der Waals surface area contributed by atoms with Crippen LogP contribution in [-0.2, 0) is 19.1 Å². The molecule has 0 radical (unpaired) electrons. The fourth-order valence-corrected chi connectivity index (χ4v) is 6.15. The zero-order valence-corrected chi connectivity index (χ0v) is 24.9. The number of ether oxygens (including phenoxy) is 4. The van der Waals surface area contributed by atoms with Crippen molar-refractivity contribution in [1.82, 2.24) is 15.1 Å². The highest BCUT2D eigenvalue weighted by molar-refractivity contribution is 8.16. The van der Waals surface area contributed by atoms with Crippen molar-refractivity contribution >= 4 is 34.5 Å². The van der Waals surface area contributed by atoms with Crippen LogP contribution in [0.3, 0.4) is 0 Å². The average Bonchev–Trinajstić information content (AvgIpc) is 3.42. The number of hydrogen-bond acceptors (Lipinski definition) is 10.